The molecule has 5 unspecified atom stereocenters. The molecular weight excluding hydrogens is 312 g/mol. The van der Waals surface area contributed by atoms with Crippen molar-refractivity contribution in [1.29, 1.82) is 0 Å². The summed E-state index contributed by atoms with van der Waals surface area (Å²) < 4.78 is 0. The molecule has 1 aromatic rings. The Morgan fingerprint density at radius 1 is 0.923 bits per heavy atom. The lowest BCUT2D eigenvalue weighted by atomic mass is 9.61. The minimum atomic E-state index is 0.964. The van der Waals surface area contributed by atoms with Crippen LogP contribution in [0.2, 0.25) is 0 Å². The third-order valence-corrected chi connectivity index (χ3v) is 8.18. The van der Waals surface area contributed by atoms with Gasteiger partial charge in [-0.25, -0.2) is 0 Å². The third-order valence-electron chi connectivity index (χ3n) is 8.18. The number of fused-ring (bicyclic) bond motifs is 2. The quantitative estimate of drug-likeness (QED) is 0.494. The molecule has 0 heteroatoms. The lowest BCUT2D eigenvalue weighted by Crippen LogP contribution is -2.35. The van der Waals surface area contributed by atoms with Crippen LogP contribution in [0.25, 0.3) is 0 Å². The van der Waals surface area contributed by atoms with Crippen LogP contribution < -0.4 is 0 Å². The van der Waals surface area contributed by atoms with E-state index in [4.69, 9.17) is 0 Å². The summed E-state index contributed by atoms with van der Waals surface area (Å²) in [4.78, 5) is 0. The minimum absolute atomic E-state index is 0.964. The van der Waals surface area contributed by atoms with Crippen LogP contribution in [0.1, 0.15) is 81.4 Å². The van der Waals surface area contributed by atoms with Gasteiger partial charge >= 0.3 is 0 Å². The molecule has 0 nitrogen and oxygen atoms in total. The smallest absolute Gasteiger partial charge is 0.0244 e. The molecule has 4 rings (SSSR count). The third kappa shape index (κ3) is 3.95. The van der Waals surface area contributed by atoms with Gasteiger partial charge in [0.05, 0.1) is 0 Å². The Balaban J connectivity index is 1.36. The van der Waals surface area contributed by atoms with Crippen molar-refractivity contribution in [2.75, 3.05) is 0 Å². The van der Waals surface area contributed by atoms with Gasteiger partial charge in [0, 0.05) is 0 Å². The van der Waals surface area contributed by atoms with Crippen molar-refractivity contribution >= 4 is 0 Å². The van der Waals surface area contributed by atoms with E-state index in [0.717, 1.165) is 42.4 Å². The molecule has 26 heavy (non-hydrogen) atoms. The molecule has 0 bridgehead atoms. The lowest BCUT2D eigenvalue weighted by molar-refractivity contribution is 0.0708. The standard InChI is InChI=1S/C26H38/c1-3-5-6-20-8-10-24-18-26(14-12-22(24)16-20)25-13-11-21-15-19(4-2)7-9-23(21)17-25/h3,8,10,16,19,21,23,25-26H,1,4-7,9,11-15,17-18H2,2H3. The van der Waals surface area contributed by atoms with Crippen LogP contribution >= 0.6 is 0 Å². The van der Waals surface area contributed by atoms with Crippen molar-refractivity contribution < 1.29 is 0 Å². The van der Waals surface area contributed by atoms with Gasteiger partial charge in [-0.05, 0) is 110 Å². The van der Waals surface area contributed by atoms with E-state index in [2.05, 4.69) is 31.7 Å². The van der Waals surface area contributed by atoms with E-state index in [1.54, 1.807) is 24.0 Å². The van der Waals surface area contributed by atoms with Crippen molar-refractivity contribution in [3.8, 4) is 0 Å². The summed E-state index contributed by atoms with van der Waals surface area (Å²) >= 11 is 0. The second-order valence-electron chi connectivity index (χ2n) is 9.61. The highest BCUT2D eigenvalue weighted by molar-refractivity contribution is 5.34. The average Bonchev–Trinajstić information content (AvgIpc) is 2.70. The maximum Gasteiger partial charge on any atom is -0.0244 e. The van der Waals surface area contributed by atoms with Crippen LogP contribution in [0.3, 0.4) is 0 Å². The molecule has 0 heterocycles. The number of rotatable bonds is 5. The number of hydrogen-bond acceptors (Lipinski definition) is 0. The maximum atomic E-state index is 3.86. The number of allylic oxidation sites excluding steroid dienone is 1. The lowest BCUT2D eigenvalue weighted by Gasteiger charge is -2.45. The zero-order chi connectivity index (χ0) is 17.9. The maximum absolute atomic E-state index is 3.86. The molecule has 0 spiro atoms. The van der Waals surface area contributed by atoms with E-state index in [0.29, 0.717) is 0 Å². The van der Waals surface area contributed by atoms with Crippen molar-refractivity contribution in [2.45, 2.75) is 84.0 Å². The Kier molecular flexibility index (Phi) is 5.87. The largest absolute Gasteiger partial charge is 0.103 e. The van der Waals surface area contributed by atoms with Crippen LogP contribution in [-0.4, -0.2) is 0 Å². The van der Waals surface area contributed by atoms with Gasteiger partial charge in [0.25, 0.3) is 0 Å². The summed E-state index contributed by atoms with van der Waals surface area (Å²) in [5.74, 6) is 5.17. The Hall–Kier alpha value is -1.04. The summed E-state index contributed by atoms with van der Waals surface area (Å²) in [7, 11) is 0. The van der Waals surface area contributed by atoms with E-state index >= 15 is 0 Å². The average molecular weight is 351 g/mol. The van der Waals surface area contributed by atoms with Crippen molar-refractivity contribution in [3.05, 3.63) is 47.5 Å². The molecule has 2 saturated carbocycles. The molecule has 0 N–H and O–H groups in total. The Morgan fingerprint density at radius 3 is 2.50 bits per heavy atom. The van der Waals surface area contributed by atoms with E-state index in [-0.39, 0.29) is 0 Å². The molecule has 0 aromatic heterocycles. The molecule has 2 fully saturated rings. The minimum Gasteiger partial charge on any atom is -0.103 e. The van der Waals surface area contributed by atoms with Crippen LogP contribution in [0.4, 0.5) is 0 Å². The number of aryl methyl sites for hydroxylation is 2. The molecule has 0 aliphatic heterocycles. The predicted octanol–water partition coefficient (Wildman–Crippen LogP) is 7.15. The number of hydrogen-bond donors (Lipinski definition) is 0. The topological polar surface area (TPSA) is 0 Å². The second kappa shape index (κ2) is 8.32. The molecule has 0 saturated heterocycles. The zero-order valence-corrected chi connectivity index (χ0v) is 16.9. The Bertz CT molecular complexity index is 612. The fourth-order valence-corrected chi connectivity index (χ4v) is 6.48. The number of benzene rings is 1. The fourth-order valence-electron chi connectivity index (χ4n) is 6.48. The van der Waals surface area contributed by atoms with Gasteiger partial charge in [-0.2, -0.15) is 0 Å². The fraction of sp³-hybridized carbons (Fsp3) is 0.692. The molecule has 3 aliphatic rings. The highest BCUT2D eigenvalue weighted by atomic mass is 14.4. The van der Waals surface area contributed by atoms with E-state index in [1.165, 1.54) is 56.9 Å². The summed E-state index contributed by atoms with van der Waals surface area (Å²) in [5, 5.41) is 0. The van der Waals surface area contributed by atoms with Crippen LogP contribution in [0.15, 0.2) is 30.9 Å². The highest BCUT2D eigenvalue weighted by Gasteiger charge is 2.38. The molecule has 0 amide bonds. The molecule has 142 valence electrons. The summed E-state index contributed by atoms with van der Waals surface area (Å²) in [6, 6.07) is 7.34. The van der Waals surface area contributed by atoms with E-state index < -0.39 is 0 Å². The van der Waals surface area contributed by atoms with Gasteiger partial charge in [0.2, 0.25) is 0 Å². The van der Waals surface area contributed by atoms with Gasteiger partial charge in [0.15, 0.2) is 0 Å². The SMILES string of the molecule is C=CCCc1ccc2c(c1)CCC(C1CCC3CC(CC)CCC3C1)C2. The second-order valence-corrected chi connectivity index (χ2v) is 9.61. The van der Waals surface area contributed by atoms with Crippen molar-refractivity contribution in [1.82, 2.24) is 0 Å². The first kappa shape index (κ1) is 18.3. The monoisotopic (exact) mass is 350 g/mol. The first-order chi connectivity index (χ1) is 12.8. The first-order valence-corrected chi connectivity index (χ1v) is 11.5. The summed E-state index contributed by atoms with van der Waals surface area (Å²) in [6.07, 6.45) is 19.1. The van der Waals surface area contributed by atoms with Crippen molar-refractivity contribution in [2.24, 2.45) is 29.6 Å². The zero-order valence-electron chi connectivity index (χ0n) is 16.9. The van der Waals surface area contributed by atoms with Gasteiger partial charge in [-0.15, -0.1) is 6.58 Å². The highest BCUT2D eigenvalue weighted by Crippen LogP contribution is 2.48. The molecule has 5 atom stereocenters. The molecule has 0 radical (unpaired) electrons. The van der Waals surface area contributed by atoms with Crippen LogP contribution in [-0.2, 0) is 19.3 Å². The molecule has 1 aromatic carbocycles. The van der Waals surface area contributed by atoms with Crippen LogP contribution in [0.5, 0.6) is 0 Å². The summed E-state index contributed by atoms with van der Waals surface area (Å²) in [5.41, 5.74) is 4.83. The first-order valence-electron chi connectivity index (χ1n) is 11.5. The molecular formula is C26H38. The van der Waals surface area contributed by atoms with E-state index in [1.807, 2.05) is 6.08 Å². The van der Waals surface area contributed by atoms with E-state index in [9.17, 15) is 0 Å². The summed E-state index contributed by atoms with van der Waals surface area (Å²) in [6.45, 7) is 6.26. The van der Waals surface area contributed by atoms with Gasteiger partial charge < -0.3 is 0 Å². The van der Waals surface area contributed by atoms with Crippen LogP contribution in [0, 0.1) is 29.6 Å². The Labute approximate surface area is 161 Å². The molecule has 3 aliphatic carbocycles. The van der Waals surface area contributed by atoms with Crippen molar-refractivity contribution in [3.63, 3.8) is 0 Å². The Morgan fingerprint density at radius 2 is 1.69 bits per heavy atom. The predicted molar refractivity (Wildman–Crippen MR) is 112 cm³/mol. The van der Waals surface area contributed by atoms with Gasteiger partial charge in [-0.1, -0.05) is 44.0 Å². The van der Waals surface area contributed by atoms with Gasteiger partial charge in [0.1, 0.15) is 0 Å². The normalized spacial score (nSPS) is 34.0. The van der Waals surface area contributed by atoms with Gasteiger partial charge in [-0.3, -0.25) is 0 Å².